The summed E-state index contributed by atoms with van der Waals surface area (Å²) in [4.78, 5) is 0. The molecule has 14 heavy (non-hydrogen) atoms. The van der Waals surface area contributed by atoms with Crippen LogP contribution < -0.4 is 10.1 Å². The largest absolute Gasteiger partial charge is 0.481 e. The van der Waals surface area contributed by atoms with E-state index in [4.69, 9.17) is 4.74 Å². The van der Waals surface area contributed by atoms with Crippen LogP contribution in [0.4, 0.5) is 5.69 Å². The van der Waals surface area contributed by atoms with Crippen LogP contribution in [0, 0.1) is 11.8 Å². The van der Waals surface area contributed by atoms with Crippen LogP contribution in [0.5, 0.6) is 5.75 Å². The van der Waals surface area contributed by atoms with Crippen LogP contribution in [0.2, 0.25) is 0 Å². The van der Waals surface area contributed by atoms with Gasteiger partial charge in [-0.25, -0.2) is 0 Å². The molecule has 0 aromatic heterocycles. The van der Waals surface area contributed by atoms with E-state index in [1.165, 1.54) is 0 Å². The fourth-order valence-electron chi connectivity index (χ4n) is 1.04. The first kappa shape index (κ1) is 10.5. The third-order valence-electron chi connectivity index (χ3n) is 1.74. The van der Waals surface area contributed by atoms with E-state index in [-0.39, 0.29) is 0 Å². The molecule has 0 aliphatic rings. The van der Waals surface area contributed by atoms with Crippen molar-refractivity contribution in [2.45, 2.75) is 13.3 Å². The van der Waals surface area contributed by atoms with Crippen molar-refractivity contribution >= 4 is 5.69 Å². The molecular weight excluding hydrogens is 174 g/mol. The van der Waals surface area contributed by atoms with Gasteiger partial charge in [0, 0.05) is 25.2 Å². The lowest BCUT2D eigenvalue weighted by molar-refractivity contribution is 0.370. The van der Waals surface area contributed by atoms with Gasteiger partial charge in [-0.3, -0.25) is 0 Å². The van der Waals surface area contributed by atoms with Gasteiger partial charge in [-0.15, -0.1) is 5.92 Å². The normalized spacial score (nSPS) is 8.71. The Balaban J connectivity index is 2.50. The maximum Gasteiger partial charge on any atom is 0.149 e. The molecule has 0 aliphatic heterocycles. The monoisotopic (exact) mass is 189 g/mol. The van der Waals surface area contributed by atoms with Crippen molar-refractivity contribution in [1.82, 2.24) is 0 Å². The molecule has 0 radical (unpaired) electrons. The van der Waals surface area contributed by atoms with Crippen molar-refractivity contribution in [3.05, 3.63) is 24.3 Å². The van der Waals surface area contributed by atoms with E-state index in [0.29, 0.717) is 6.61 Å². The van der Waals surface area contributed by atoms with Crippen LogP contribution in [0.1, 0.15) is 13.3 Å². The maximum absolute atomic E-state index is 5.44. The number of hydrogen-bond donors (Lipinski definition) is 1. The van der Waals surface area contributed by atoms with Crippen LogP contribution >= 0.6 is 0 Å². The molecule has 0 unspecified atom stereocenters. The van der Waals surface area contributed by atoms with Gasteiger partial charge in [0.2, 0.25) is 0 Å². The van der Waals surface area contributed by atoms with Crippen molar-refractivity contribution in [2.75, 3.05) is 19.0 Å². The molecule has 1 aromatic rings. The molecule has 1 rings (SSSR count). The lowest BCUT2D eigenvalue weighted by atomic mass is 10.3. The van der Waals surface area contributed by atoms with Gasteiger partial charge < -0.3 is 10.1 Å². The zero-order valence-corrected chi connectivity index (χ0v) is 8.63. The van der Waals surface area contributed by atoms with Crippen molar-refractivity contribution in [3.63, 3.8) is 0 Å². The lowest BCUT2D eigenvalue weighted by Gasteiger charge is -2.04. The fraction of sp³-hybridized carbons (Fsp3) is 0.333. The zero-order chi connectivity index (χ0) is 10.2. The van der Waals surface area contributed by atoms with Gasteiger partial charge in [0.05, 0.1) is 0 Å². The van der Waals surface area contributed by atoms with E-state index >= 15 is 0 Å². The molecule has 74 valence electrons. The van der Waals surface area contributed by atoms with E-state index in [1.54, 1.807) is 0 Å². The second kappa shape index (κ2) is 5.93. The molecule has 0 amide bonds. The molecule has 0 bridgehead atoms. The maximum atomic E-state index is 5.44. The second-order valence-electron chi connectivity index (χ2n) is 2.77. The highest BCUT2D eigenvalue weighted by molar-refractivity contribution is 5.47. The minimum atomic E-state index is 0.459. The standard InChI is InChI=1S/C12H15NO/c1-3-4-5-9-14-12-8-6-7-11(10-12)13-2/h6-8,10,13H,3,9H2,1-2H3. The Morgan fingerprint density at radius 1 is 1.36 bits per heavy atom. The topological polar surface area (TPSA) is 21.3 Å². The van der Waals surface area contributed by atoms with Gasteiger partial charge in [0.25, 0.3) is 0 Å². The Labute approximate surface area is 85.3 Å². The SMILES string of the molecule is CCC#CCOc1cccc(NC)c1. The molecule has 0 spiro atoms. The Bertz CT molecular complexity index is 336. The van der Waals surface area contributed by atoms with Crippen molar-refractivity contribution in [2.24, 2.45) is 0 Å². The summed E-state index contributed by atoms with van der Waals surface area (Å²) in [6.07, 6.45) is 0.875. The molecule has 2 heteroatoms. The summed E-state index contributed by atoms with van der Waals surface area (Å²) in [7, 11) is 1.88. The van der Waals surface area contributed by atoms with Gasteiger partial charge in [-0.2, -0.15) is 0 Å². The molecule has 0 fully saturated rings. The molecule has 0 saturated heterocycles. The van der Waals surface area contributed by atoms with E-state index in [1.807, 2.05) is 38.2 Å². The number of anilines is 1. The molecule has 2 nitrogen and oxygen atoms in total. The molecule has 0 atom stereocenters. The smallest absolute Gasteiger partial charge is 0.149 e. The first-order valence-electron chi connectivity index (χ1n) is 4.73. The molecule has 0 aliphatic carbocycles. The zero-order valence-electron chi connectivity index (χ0n) is 8.63. The highest BCUT2D eigenvalue weighted by Gasteiger charge is 1.92. The number of ether oxygens (including phenoxy) is 1. The third-order valence-corrected chi connectivity index (χ3v) is 1.74. The average molecular weight is 189 g/mol. The quantitative estimate of drug-likeness (QED) is 0.738. The van der Waals surface area contributed by atoms with Gasteiger partial charge >= 0.3 is 0 Å². The van der Waals surface area contributed by atoms with Crippen LogP contribution in [0.15, 0.2) is 24.3 Å². The van der Waals surface area contributed by atoms with Crippen molar-refractivity contribution < 1.29 is 4.74 Å². The summed E-state index contributed by atoms with van der Waals surface area (Å²) >= 11 is 0. The van der Waals surface area contributed by atoms with Gasteiger partial charge in [0.15, 0.2) is 0 Å². The molecule has 1 aromatic carbocycles. The molecule has 1 N–H and O–H groups in total. The minimum absolute atomic E-state index is 0.459. The summed E-state index contributed by atoms with van der Waals surface area (Å²) in [6.45, 7) is 2.48. The number of hydrogen-bond acceptors (Lipinski definition) is 2. The predicted octanol–water partition coefficient (Wildman–Crippen LogP) is 2.52. The van der Waals surface area contributed by atoms with E-state index in [9.17, 15) is 0 Å². The summed E-state index contributed by atoms with van der Waals surface area (Å²) in [5.74, 6) is 6.73. The Morgan fingerprint density at radius 2 is 2.21 bits per heavy atom. The van der Waals surface area contributed by atoms with E-state index in [2.05, 4.69) is 17.2 Å². The third kappa shape index (κ3) is 3.40. The van der Waals surface area contributed by atoms with Crippen LogP contribution in [-0.2, 0) is 0 Å². The summed E-state index contributed by atoms with van der Waals surface area (Å²) in [5.41, 5.74) is 1.05. The first-order valence-corrected chi connectivity index (χ1v) is 4.73. The number of nitrogens with one attached hydrogen (secondary N) is 1. The summed E-state index contributed by atoms with van der Waals surface area (Å²) < 4.78 is 5.44. The highest BCUT2D eigenvalue weighted by atomic mass is 16.5. The van der Waals surface area contributed by atoms with Gasteiger partial charge in [0.1, 0.15) is 12.4 Å². The minimum Gasteiger partial charge on any atom is -0.481 e. The first-order chi connectivity index (χ1) is 6.86. The molecular formula is C12H15NO. The Hall–Kier alpha value is -1.62. The average Bonchev–Trinajstić information content (AvgIpc) is 2.25. The summed E-state index contributed by atoms with van der Waals surface area (Å²) in [5, 5.41) is 3.05. The summed E-state index contributed by atoms with van der Waals surface area (Å²) in [6, 6.07) is 7.82. The molecule has 0 heterocycles. The second-order valence-corrected chi connectivity index (χ2v) is 2.77. The van der Waals surface area contributed by atoms with Crippen LogP contribution in [0.3, 0.4) is 0 Å². The molecule has 0 saturated carbocycles. The van der Waals surface area contributed by atoms with Crippen molar-refractivity contribution in [1.29, 1.82) is 0 Å². The van der Waals surface area contributed by atoms with E-state index < -0.39 is 0 Å². The Morgan fingerprint density at radius 3 is 2.93 bits per heavy atom. The highest BCUT2D eigenvalue weighted by Crippen LogP contribution is 2.16. The Kier molecular flexibility index (Phi) is 4.43. The van der Waals surface area contributed by atoms with E-state index in [0.717, 1.165) is 17.9 Å². The predicted molar refractivity (Wildman–Crippen MR) is 59.6 cm³/mol. The van der Waals surface area contributed by atoms with Crippen LogP contribution in [-0.4, -0.2) is 13.7 Å². The lowest BCUT2D eigenvalue weighted by Crippen LogP contribution is -1.95. The van der Waals surface area contributed by atoms with Crippen molar-refractivity contribution in [3.8, 4) is 17.6 Å². The number of benzene rings is 1. The van der Waals surface area contributed by atoms with Gasteiger partial charge in [-0.05, 0) is 12.1 Å². The van der Waals surface area contributed by atoms with Gasteiger partial charge in [-0.1, -0.05) is 18.9 Å². The number of rotatable bonds is 3. The van der Waals surface area contributed by atoms with Crippen LogP contribution in [0.25, 0.3) is 0 Å². The fourth-order valence-corrected chi connectivity index (χ4v) is 1.04.